The van der Waals surface area contributed by atoms with Crippen molar-refractivity contribution in [3.8, 4) is 0 Å². The highest BCUT2D eigenvalue weighted by Crippen LogP contribution is 2.19. The van der Waals surface area contributed by atoms with Gasteiger partial charge in [0.25, 0.3) is 0 Å². The van der Waals surface area contributed by atoms with Crippen LogP contribution in [0.25, 0.3) is 0 Å². The molecule has 0 unspecified atom stereocenters. The number of nitrogens with one attached hydrogen (secondary N) is 1. The van der Waals surface area contributed by atoms with Crippen LogP contribution in [0.15, 0.2) is 10.2 Å². The predicted molar refractivity (Wildman–Crippen MR) is 50.8 cm³/mol. The highest BCUT2D eigenvalue weighted by Gasteiger charge is 2.21. The van der Waals surface area contributed by atoms with Crippen LogP contribution >= 0.6 is 0 Å². The van der Waals surface area contributed by atoms with E-state index >= 15 is 0 Å². The summed E-state index contributed by atoms with van der Waals surface area (Å²) in [6.07, 6.45) is 3.49. The second-order valence-electron chi connectivity index (χ2n) is 3.63. The summed E-state index contributed by atoms with van der Waals surface area (Å²) in [5.41, 5.74) is 2.48. The normalized spacial score (nSPS) is 25.4. The van der Waals surface area contributed by atoms with Crippen LogP contribution in [0.2, 0.25) is 0 Å². The molecule has 0 saturated carbocycles. The molecule has 2 heterocycles. The monoisotopic (exact) mass is 165 g/mol. The maximum atomic E-state index is 4.22. The van der Waals surface area contributed by atoms with Crippen molar-refractivity contribution in [3.63, 3.8) is 0 Å². The molecule has 2 rings (SSSR count). The lowest BCUT2D eigenvalue weighted by Crippen LogP contribution is -2.31. The molecule has 0 aromatic heterocycles. The summed E-state index contributed by atoms with van der Waals surface area (Å²) in [7, 11) is 0. The summed E-state index contributed by atoms with van der Waals surface area (Å²) in [6.45, 7) is 4.34. The second-order valence-corrected chi connectivity index (χ2v) is 3.63. The van der Waals surface area contributed by atoms with Crippen molar-refractivity contribution in [1.29, 1.82) is 0 Å². The molecule has 66 valence electrons. The van der Waals surface area contributed by atoms with Crippen LogP contribution in [0.3, 0.4) is 0 Å². The summed E-state index contributed by atoms with van der Waals surface area (Å²) < 4.78 is 0. The van der Waals surface area contributed by atoms with Crippen molar-refractivity contribution >= 4 is 11.4 Å². The van der Waals surface area contributed by atoms with Crippen molar-refractivity contribution in [2.24, 2.45) is 16.1 Å². The second kappa shape index (κ2) is 3.35. The first-order chi connectivity index (χ1) is 5.86. The van der Waals surface area contributed by atoms with Gasteiger partial charge in [-0.2, -0.15) is 10.2 Å². The summed E-state index contributed by atoms with van der Waals surface area (Å²) >= 11 is 0. The Morgan fingerprint density at radius 2 is 2.00 bits per heavy atom. The fourth-order valence-corrected chi connectivity index (χ4v) is 1.86. The molecular formula is C9H15N3. The Labute approximate surface area is 73.0 Å². The molecule has 2 aliphatic heterocycles. The van der Waals surface area contributed by atoms with E-state index in [1.54, 1.807) is 0 Å². The Bertz CT molecular complexity index is 224. The van der Waals surface area contributed by atoms with E-state index in [1.807, 2.05) is 0 Å². The van der Waals surface area contributed by atoms with Crippen LogP contribution in [0.4, 0.5) is 0 Å². The molecule has 0 aromatic carbocycles. The zero-order valence-electron chi connectivity index (χ0n) is 7.51. The molecule has 3 nitrogen and oxygen atoms in total. The molecule has 0 amide bonds. The Hall–Kier alpha value is -0.700. The molecule has 1 fully saturated rings. The summed E-state index contributed by atoms with van der Waals surface area (Å²) in [5, 5.41) is 11.7. The van der Waals surface area contributed by atoms with Gasteiger partial charge in [-0.15, -0.1) is 0 Å². The quantitative estimate of drug-likeness (QED) is 0.623. The highest BCUT2D eigenvalue weighted by atomic mass is 15.2. The molecule has 0 aromatic rings. The molecule has 12 heavy (non-hydrogen) atoms. The average Bonchev–Trinajstić information content (AvgIpc) is 2.54. The maximum Gasteiger partial charge on any atom is 0.0494 e. The van der Waals surface area contributed by atoms with Gasteiger partial charge in [-0.25, -0.2) is 0 Å². The van der Waals surface area contributed by atoms with E-state index in [9.17, 15) is 0 Å². The van der Waals surface area contributed by atoms with E-state index < -0.39 is 0 Å². The smallest absolute Gasteiger partial charge is 0.0494 e. The van der Waals surface area contributed by atoms with Gasteiger partial charge in [0.15, 0.2) is 0 Å². The van der Waals surface area contributed by atoms with Gasteiger partial charge in [0.05, 0.1) is 0 Å². The Morgan fingerprint density at radius 3 is 2.58 bits per heavy atom. The van der Waals surface area contributed by atoms with E-state index in [-0.39, 0.29) is 0 Å². The van der Waals surface area contributed by atoms with Gasteiger partial charge in [0.2, 0.25) is 0 Å². The topological polar surface area (TPSA) is 36.8 Å². The van der Waals surface area contributed by atoms with E-state index in [4.69, 9.17) is 0 Å². The van der Waals surface area contributed by atoms with Crippen molar-refractivity contribution < 1.29 is 0 Å². The van der Waals surface area contributed by atoms with Gasteiger partial charge in [-0.3, -0.25) is 0 Å². The first-order valence-corrected chi connectivity index (χ1v) is 4.67. The van der Waals surface area contributed by atoms with Crippen LogP contribution in [-0.4, -0.2) is 24.5 Å². The summed E-state index contributed by atoms with van der Waals surface area (Å²) in [4.78, 5) is 0. The summed E-state index contributed by atoms with van der Waals surface area (Å²) in [5.74, 6) is 0.701. The molecule has 0 spiro atoms. The van der Waals surface area contributed by atoms with Crippen LogP contribution in [0.1, 0.15) is 26.2 Å². The molecule has 1 N–H and O–H groups in total. The molecular weight excluding hydrogens is 150 g/mol. The number of piperidine rings is 1. The molecule has 3 heteroatoms. The Balaban J connectivity index is 1.93. The van der Waals surface area contributed by atoms with Crippen LogP contribution in [0.5, 0.6) is 0 Å². The third-order valence-corrected chi connectivity index (χ3v) is 2.60. The van der Waals surface area contributed by atoms with Gasteiger partial charge in [-0.1, -0.05) is 0 Å². The molecule has 1 saturated heterocycles. The van der Waals surface area contributed by atoms with E-state index in [1.165, 1.54) is 24.3 Å². The fraction of sp³-hybridized carbons (Fsp3) is 0.778. The van der Waals surface area contributed by atoms with Gasteiger partial charge < -0.3 is 5.32 Å². The minimum Gasteiger partial charge on any atom is -0.317 e. The molecule has 0 bridgehead atoms. The Morgan fingerprint density at radius 1 is 1.25 bits per heavy atom. The van der Waals surface area contributed by atoms with Crippen molar-refractivity contribution in [2.75, 3.05) is 13.1 Å². The van der Waals surface area contributed by atoms with E-state index in [0.717, 1.165) is 19.5 Å². The minimum atomic E-state index is 0.701. The molecule has 0 atom stereocenters. The van der Waals surface area contributed by atoms with Crippen molar-refractivity contribution in [1.82, 2.24) is 5.32 Å². The van der Waals surface area contributed by atoms with E-state index in [0.29, 0.717) is 5.92 Å². The number of rotatable bonds is 1. The van der Waals surface area contributed by atoms with Crippen LogP contribution in [0, 0.1) is 5.92 Å². The molecule has 0 aliphatic carbocycles. The third-order valence-electron chi connectivity index (χ3n) is 2.60. The lowest BCUT2D eigenvalue weighted by molar-refractivity contribution is 0.454. The van der Waals surface area contributed by atoms with Crippen molar-refractivity contribution in [2.45, 2.75) is 26.2 Å². The van der Waals surface area contributed by atoms with Crippen molar-refractivity contribution in [3.05, 3.63) is 0 Å². The lowest BCUT2D eigenvalue weighted by Gasteiger charge is -2.21. The minimum absolute atomic E-state index is 0.701. The standard InChI is InChI=1S/C9H15N3/c1-7-6-9(12-11-7)8-2-4-10-5-3-8/h8,10H,2-6H2,1H3. The number of hydrogen-bond donors (Lipinski definition) is 1. The number of nitrogens with zero attached hydrogens (tertiary/aromatic N) is 2. The predicted octanol–water partition coefficient (Wildman–Crippen LogP) is 1.21. The zero-order chi connectivity index (χ0) is 8.39. The number of hydrogen-bond acceptors (Lipinski definition) is 3. The van der Waals surface area contributed by atoms with Crippen LogP contribution < -0.4 is 5.32 Å². The first kappa shape index (κ1) is 7.92. The SMILES string of the molecule is CC1=NN=C(C2CCNCC2)C1. The fourth-order valence-electron chi connectivity index (χ4n) is 1.86. The maximum absolute atomic E-state index is 4.22. The van der Waals surface area contributed by atoms with Gasteiger partial charge in [0, 0.05) is 23.8 Å². The van der Waals surface area contributed by atoms with Gasteiger partial charge in [0.1, 0.15) is 0 Å². The molecule has 0 radical (unpaired) electrons. The molecule has 2 aliphatic rings. The lowest BCUT2D eigenvalue weighted by atomic mass is 9.91. The van der Waals surface area contributed by atoms with Gasteiger partial charge in [-0.05, 0) is 32.9 Å². The zero-order valence-corrected chi connectivity index (χ0v) is 7.51. The summed E-state index contributed by atoms with van der Waals surface area (Å²) in [6, 6.07) is 0. The van der Waals surface area contributed by atoms with Crippen LogP contribution in [-0.2, 0) is 0 Å². The van der Waals surface area contributed by atoms with E-state index in [2.05, 4.69) is 22.4 Å². The largest absolute Gasteiger partial charge is 0.317 e. The Kier molecular flexibility index (Phi) is 2.21. The first-order valence-electron chi connectivity index (χ1n) is 4.67. The van der Waals surface area contributed by atoms with Gasteiger partial charge >= 0.3 is 0 Å². The third kappa shape index (κ3) is 1.55. The highest BCUT2D eigenvalue weighted by molar-refractivity contribution is 6.07. The average molecular weight is 165 g/mol.